The monoisotopic (exact) mass is 271 g/mol. The number of carbonyl (C=O) groups excluding carboxylic acids is 1. The number of amidine groups is 1. The standard InChI is InChI=1S/C12H15F2N3O2/c1-2-4-7(11(15)17-19)12(18)16-10-8(13)5-3-6-9(10)14/h3,5-7,19H,2,4H2,1H3,(H2,15,17)(H,16,18). The second-order valence-electron chi connectivity index (χ2n) is 3.95. The summed E-state index contributed by atoms with van der Waals surface area (Å²) in [4.78, 5) is 11.9. The molecule has 0 saturated heterocycles. The van der Waals surface area contributed by atoms with E-state index < -0.39 is 29.1 Å². The van der Waals surface area contributed by atoms with E-state index in [1.54, 1.807) is 6.92 Å². The van der Waals surface area contributed by atoms with E-state index >= 15 is 0 Å². The van der Waals surface area contributed by atoms with E-state index in [1.165, 1.54) is 6.07 Å². The lowest BCUT2D eigenvalue weighted by Gasteiger charge is -2.15. The van der Waals surface area contributed by atoms with Gasteiger partial charge in [0.25, 0.3) is 0 Å². The van der Waals surface area contributed by atoms with Gasteiger partial charge in [0.1, 0.15) is 17.3 Å². The molecule has 0 radical (unpaired) electrons. The van der Waals surface area contributed by atoms with Crippen LogP contribution in [0.15, 0.2) is 23.4 Å². The lowest BCUT2D eigenvalue weighted by molar-refractivity contribution is -0.118. The van der Waals surface area contributed by atoms with Gasteiger partial charge in [-0.1, -0.05) is 24.6 Å². The van der Waals surface area contributed by atoms with Crippen LogP contribution in [-0.2, 0) is 4.79 Å². The summed E-state index contributed by atoms with van der Waals surface area (Å²) >= 11 is 0. The van der Waals surface area contributed by atoms with Gasteiger partial charge in [-0.05, 0) is 18.6 Å². The first-order valence-electron chi connectivity index (χ1n) is 5.73. The maximum Gasteiger partial charge on any atom is 0.235 e. The minimum Gasteiger partial charge on any atom is -0.409 e. The third kappa shape index (κ3) is 3.64. The molecule has 19 heavy (non-hydrogen) atoms. The maximum atomic E-state index is 13.4. The lowest BCUT2D eigenvalue weighted by atomic mass is 10.0. The molecule has 1 rings (SSSR count). The number of halogens is 2. The zero-order chi connectivity index (χ0) is 14.4. The summed E-state index contributed by atoms with van der Waals surface area (Å²) in [6.45, 7) is 1.80. The Morgan fingerprint density at radius 1 is 1.47 bits per heavy atom. The van der Waals surface area contributed by atoms with Crippen LogP contribution in [0.3, 0.4) is 0 Å². The first-order valence-corrected chi connectivity index (χ1v) is 5.73. The minimum atomic E-state index is -0.936. The summed E-state index contributed by atoms with van der Waals surface area (Å²) in [5, 5.41) is 13.5. The Morgan fingerprint density at radius 3 is 2.53 bits per heavy atom. The molecule has 1 amide bonds. The van der Waals surface area contributed by atoms with Crippen LogP contribution in [0, 0.1) is 17.6 Å². The number of nitrogens with two attached hydrogens (primary N) is 1. The second-order valence-corrected chi connectivity index (χ2v) is 3.95. The van der Waals surface area contributed by atoms with Crippen molar-refractivity contribution in [2.24, 2.45) is 16.8 Å². The van der Waals surface area contributed by atoms with Gasteiger partial charge in [-0.2, -0.15) is 0 Å². The highest BCUT2D eigenvalue weighted by Crippen LogP contribution is 2.19. The molecule has 0 aliphatic heterocycles. The Morgan fingerprint density at radius 2 is 2.05 bits per heavy atom. The first-order chi connectivity index (χ1) is 9.01. The van der Waals surface area contributed by atoms with E-state index in [-0.39, 0.29) is 5.84 Å². The van der Waals surface area contributed by atoms with Gasteiger partial charge < -0.3 is 16.3 Å². The van der Waals surface area contributed by atoms with Gasteiger partial charge in [-0.15, -0.1) is 0 Å². The molecule has 0 aliphatic rings. The highest BCUT2D eigenvalue weighted by molar-refractivity contribution is 6.07. The molecule has 0 bridgehead atoms. The molecule has 5 nitrogen and oxygen atoms in total. The normalized spacial score (nSPS) is 13.1. The Hall–Kier alpha value is -2.18. The molecular weight excluding hydrogens is 256 g/mol. The van der Waals surface area contributed by atoms with Gasteiger partial charge in [0, 0.05) is 0 Å². The van der Waals surface area contributed by atoms with Crippen molar-refractivity contribution in [1.82, 2.24) is 0 Å². The fourth-order valence-corrected chi connectivity index (χ4v) is 1.60. The number of rotatable bonds is 5. The maximum absolute atomic E-state index is 13.4. The molecule has 1 unspecified atom stereocenters. The molecule has 1 aromatic carbocycles. The van der Waals surface area contributed by atoms with E-state index in [2.05, 4.69) is 10.5 Å². The number of hydrogen-bond acceptors (Lipinski definition) is 3. The predicted molar refractivity (Wildman–Crippen MR) is 66.8 cm³/mol. The molecule has 104 valence electrons. The SMILES string of the molecule is CCCC(C(=O)Nc1c(F)cccc1F)C(N)=NO. The third-order valence-corrected chi connectivity index (χ3v) is 2.58. The summed E-state index contributed by atoms with van der Waals surface area (Å²) in [7, 11) is 0. The Balaban J connectivity index is 2.94. The molecule has 0 heterocycles. The van der Waals surface area contributed by atoms with Crippen molar-refractivity contribution in [3.8, 4) is 0 Å². The Bertz CT molecular complexity index is 472. The number of nitrogens with zero attached hydrogens (tertiary/aromatic N) is 1. The van der Waals surface area contributed by atoms with Crippen molar-refractivity contribution in [3.63, 3.8) is 0 Å². The molecule has 4 N–H and O–H groups in total. The molecule has 0 fully saturated rings. The quantitative estimate of drug-likeness (QED) is 0.331. The zero-order valence-corrected chi connectivity index (χ0v) is 10.4. The Kier molecular flexibility index (Phi) is 5.23. The van der Waals surface area contributed by atoms with Gasteiger partial charge >= 0.3 is 0 Å². The number of carbonyl (C=O) groups is 1. The first kappa shape index (κ1) is 14.9. The van der Waals surface area contributed by atoms with Crippen molar-refractivity contribution in [2.75, 3.05) is 5.32 Å². The van der Waals surface area contributed by atoms with Gasteiger partial charge in [-0.25, -0.2) is 8.78 Å². The van der Waals surface area contributed by atoms with Crippen molar-refractivity contribution in [2.45, 2.75) is 19.8 Å². The van der Waals surface area contributed by atoms with Gasteiger partial charge in [0.05, 0.1) is 5.92 Å². The van der Waals surface area contributed by atoms with Crippen LogP contribution in [0.4, 0.5) is 14.5 Å². The minimum absolute atomic E-state index is 0.295. The largest absolute Gasteiger partial charge is 0.409 e. The van der Waals surface area contributed by atoms with E-state index in [9.17, 15) is 13.6 Å². The van der Waals surface area contributed by atoms with Crippen LogP contribution in [0.5, 0.6) is 0 Å². The van der Waals surface area contributed by atoms with Crippen LogP contribution >= 0.6 is 0 Å². The second kappa shape index (κ2) is 6.67. The lowest BCUT2D eigenvalue weighted by Crippen LogP contribution is -2.35. The van der Waals surface area contributed by atoms with E-state index in [0.29, 0.717) is 12.8 Å². The fourth-order valence-electron chi connectivity index (χ4n) is 1.60. The van der Waals surface area contributed by atoms with E-state index in [1.807, 2.05) is 0 Å². The van der Waals surface area contributed by atoms with Crippen LogP contribution in [0.2, 0.25) is 0 Å². The number of oxime groups is 1. The summed E-state index contributed by atoms with van der Waals surface area (Å²) in [5.74, 6) is -3.72. The molecule has 0 aromatic heterocycles. The number of anilines is 1. The van der Waals surface area contributed by atoms with Crippen LogP contribution < -0.4 is 11.1 Å². The van der Waals surface area contributed by atoms with E-state index in [0.717, 1.165) is 12.1 Å². The van der Waals surface area contributed by atoms with Crippen LogP contribution in [0.25, 0.3) is 0 Å². The molecule has 0 spiro atoms. The molecule has 7 heteroatoms. The molecule has 1 aromatic rings. The number of amides is 1. The van der Waals surface area contributed by atoms with Gasteiger partial charge in [-0.3, -0.25) is 4.79 Å². The summed E-state index contributed by atoms with van der Waals surface area (Å²) in [6.07, 6.45) is 0.895. The average Bonchev–Trinajstić information content (AvgIpc) is 2.39. The average molecular weight is 271 g/mol. The smallest absolute Gasteiger partial charge is 0.235 e. The van der Waals surface area contributed by atoms with Crippen LogP contribution in [0.1, 0.15) is 19.8 Å². The highest BCUT2D eigenvalue weighted by atomic mass is 19.1. The topological polar surface area (TPSA) is 87.7 Å². The van der Waals surface area contributed by atoms with E-state index in [4.69, 9.17) is 10.9 Å². The predicted octanol–water partition coefficient (Wildman–Crippen LogP) is 2.07. The van der Waals surface area contributed by atoms with Crippen molar-refractivity contribution < 1.29 is 18.8 Å². The number of hydrogen-bond donors (Lipinski definition) is 3. The van der Waals surface area contributed by atoms with Crippen molar-refractivity contribution in [3.05, 3.63) is 29.8 Å². The fraction of sp³-hybridized carbons (Fsp3) is 0.333. The summed E-state index contributed by atoms with van der Waals surface area (Å²) in [5.41, 5.74) is 4.84. The molecule has 1 atom stereocenters. The summed E-state index contributed by atoms with van der Waals surface area (Å²) < 4.78 is 26.8. The molecular formula is C12H15F2N3O2. The number of para-hydroxylation sites is 1. The summed E-state index contributed by atoms with van der Waals surface area (Å²) in [6, 6.07) is 3.24. The van der Waals surface area contributed by atoms with Gasteiger partial charge in [0.15, 0.2) is 5.84 Å². The van der Waals surface area contributed by atoms with Gasteiger partial charge in [0.2, 0.25) is 5.91 Å². The molecule has 0 saturated carbocycles. The van der Waals surface area contributed by atoms with Crippen LogP contribution in [-0.4, -0.2) is 17.0 Å². The van der Waals surface area contributed by atoms with Crippen molar-refractivity contribution >= 4 is 17.4 Å². The highest BCUT2D eigenvalue weighted by Gasteiger charge is 2.24. The number of benzene rings is 1. The van der Waals surface area contributed by atoms with Crippen molar-refractivity contribution in [1.29, 1.82) is 0 Å². The number of nitrogens with one attached hydrogen (secondary N) is 1. The zero-order valence-electron chi connectivity index (χ0n) is 10.4. The Labute approximate surface area is 109 Å². The third-order valence-electron chi connectivity index (χ3n) is 2.58. The molecule has 0 aliphatic carbocycles.